The van der Waals surface area contributed by atoms with Crippen LogP contribution in [0.25, 0.3) is 0 Å². The first kappa shape index (κ1) is 31.6. The fourth-order valence-corrected chi connectivity index (χ4v) is 2.55. The van der Waals surface area contributed by atoms with Crippen molar-refractivity contribution in [1.29, 1.82) is 5.41 Å². The summed E-state index contributed by atoms with van der Waals surface area (Å²) < 4.78 is 222. The van der Waals surface area contributed by atoms with Crippen molar-refractivity contribution >= 4 is 16.9 Å². The highest BCUT2D eigenvalue weighted by Crippen LogP contribution is 2.64. The summed E-state index contributed by atoms with van der Waals surface area (Å²) in [5.74, 6) is -56.4. The average Bonchev–Trinajstić information content (AvgIpc) is 2.58. The fourth-order valence-electron chi connectivity index (χ4n) is 1.98. The van der Waals surface area contributed by atoms with Crippen molar-refractivity contribution in [2.75, 3.05) is 5.75 Å². The van der Waals surface area contributed by atoms with Gasteiger partial charge in [-0.05, 0) is 12.8 Å². The molecule has 20 heteroatoms. The number of hydrogen-bond acceptors (Lipinski definition) is 2. The van der Waals surface area contributed by atoms with Crippen LogP contribution in [0.4, 0.5) is 74.6 Å². The first-order valence-corrected chi connectivity index (χ1v) is 8.83. The molecule has 0 aliphatic heterocycles. The monoisotopic (exact) mass is 550 g/mol. The average molecular weight is 550 g/mol. The molecule has 0 rings (SSSR count). The van der Waals surface area contributed by atoms with Gasteiger partial charge in [0.1, 0.15) is 0 Å². The van der Waals surface area contributed by atoms with E-state index in [2.05, 4.69) is 0 Å². The van der Waals surface area contributed by atoms with Gasteiger partial charge in [-0.1, -0.05) is 11.8 Å². The molecule has 0 aliphatic carbocycles. The number of hydrogen-bond donors (Lipinski definition) is 2. The van der Waals surface area contributed by atoms with Crippen molar-refractivity contribution < 1.29 is 74.6 Å². The molecule has 0 amide bonds. The molecule has 0 spiro atoms. The topological polar surface area (TPSA) is 49.9 Å². The highest BCUT2D eigenvalue weighted by atomic mass is 32.2. The third-order valence-corrected chi connectivity index (χ3v) is 4.73. The summed E-state index contributed by atoms with van der Waals surface area (Å²) in [6.45, 7) is 0. The van der Waals surface area contributed by atoms with Gasteiger partial charge in [-0.15, -0.1) is 0 Å². The molecule has 0 radical (unpaired) electrons. The summed E-state index contributed by atoms with van der Waals surface area (Å²) >= 11 is 0.425. The van der Waals surface area contributed by atoms with Gasteiger partial charge in [0.25, 0.3) is 0 Å². The van der Waals surface area contributed by atoms with Gasteiger partial charge in [0.2, 0.25) is 0 Å². The molecule has 198 valence electrons. The molecule has 0 unspecified atom stereocenters. The fraction of sp³-hybridized carbons (Fsp3) is 0.923. The second-order valence-corrected chi connectivity index (χ2v) is 7.46. The van der Waals surface area contributed by atoms with E-state index >= 15 is 0 Å². The third kappa shape index (κ3) is 5.03. The smallest absolute Gasteiger partial charge is 0.379 e. The number of thioether (sulfide) groups is 1. The molecule has 0 aromatic carbocycles. The maximum Gasteiger partial charge on any atom is 0.460 e. The van der Waals surface area contributed by atoms with Crippen molar-refractivity contribution in [3.8, 4) is 0 Å². The van der Waals surface area contributed by atoms with Gasteiger partial charge in [0.05, 0.1) is 0 Å². The van der Waals surface area contributed by atoms with Crippen LogP contribution in [-0.2, 0) is 0 Å². The lowest BCUT2D eigenvalue weighted by Gasteiger charge is -2.42. The van der Waals surface area contributed by atoms with Gasteiger partial charge in [-0.2, -0.15) is 74.6 Å². The Bertz CT molecular complexity index is 700. The molecule has 0 aliphatic rings. The summed E-state index contributed by atoms with van der Waals surface area (Å²) in [6.07, 6.45) is -12.1. The molecular formula is C13H11F17N2S. The van der Waals surface area contributed by atoms with E-state index in [0.29, 0.717) is 11.8 Å². The van der Waals surface area contributed by atoms with E-state index in [1.165, 1.54) is 0 Å². The van der Waals surface area contributed by atoms with Crippen LogP contribution in [0, 0.1) is 5.41 Å². The van der Waals surface area contributed by atoms with Crippen LogP contribution in [0.5, 0.6) is 0 Å². The number of nitrogens with two attached hydrogens (primary N) is 1. The van der Waals surface area contributed by atoms with Crippen LogP contribution >= 0.6 is 11.8 Å². The van der Waals surface area contributed by atoms with E-state index in [9.17, 15) is 74.6 Å². The van der Waals surface area contributed by atoms with Gasteiger partial charge in [-0.25, -0.2) is 0 Å². The number of nitrogens with one attached hydrogen (secondary N) is 1. The van der Waals surface area contributed by atoms with Crippen LogP contribution in [0.3, 0.4) is 0 Å². The van der Waals surface area contributed by atoms with Gasteiger partial charge >= 0.3 is 47.6 Å². The first-order valence-electron chi connectivity index (χ1n) is 7.85. The summed E-state index contributed by atoms with van der Waals surface area (Å²) in [5, 5.41) is 6.11. The lowest BCUT2D eigenvalue weighted by atomic mass is 9.88. The van der Waals surface area contributed by atoms with E-state index in [4.69, 9.17) is 11.1 Å². The maximum atomic E-state index is 13.5. The largest absolute Gasteiger partial charge is 0.460 e. The summed E-state index contributed by atoms with van der Waals surface area (Å²) in [7, 11) is 0. The van der Waals surface area contributed by atoms with E-state index in [0.717, 1.165) is 0 Å². The Kier molecular flexibility index (Phi) is 8.64. The second-order valence-electron chi connectivity index (χ2n) is 6.32. The lowest BCUT2D eigenvalue weighted by molar-refractivity contribution is -0.461. The minimum Gasteiger partial charge on any atom is -0.379 e. The molecular weight excluding hydrogens is 539 g/mol. The Labute approximate surface area is 176 Å². The van der Waals surface area contributed by atoms with Gasteiger partial charge < -0.3 is 5.73 Å². The minimum absolute atomic E-state index is 0.375. The van der Waals surface area contributed by atoms with Crippen molar-refractivity contribution in [2.24, 2.45) is 5.73 Å². The SMILES string of the molecule is N=C(N)SCCCCC(F)(F)C(F)(F)C(F)(F)C(F)(F)C(F)(F)C(F)(F)C(F)(F)C(F)(F)F. The van der Waals surface area contributed by atoms with E-state index in [1.54, 1.807) is 0 Å². The quantitative estimate of drug-likeness (QED) is 0.129. The number of halogens is 17. The van der Waals surface area contributed by atoms with Gasteiger partial charge in [0, 0.05) is 12.2 Å². The van der Waals surface area contributed by atoms with Crippen LogP contribution in [-0.4, -0.2) is 58.6 Å². The Balaban J connectivity index is 6.19. The lowest BCUT2D eigenvalue weighted by Crippen LogP contribution is -2.74. The van der Waals surface area contributed by atoms with E-state index in [1.807, 2.05) is 0 Å². The highest BCUT2D eigenvalue weighted by molar-refractivity contribution is 8.13. The Morgan fingerprint density at radius 3 is 1.21 bits per heavy atom. The standard InChI is InChI=1S/C13H11F17N2S/c14-6(15,3-1-2-4-33-5(31)32)7(16,17)8(18,19)9(20,21)10(22,23)11(24,25)12(26,27)13(28,29)30/h1-4H2,(H3,31,32). The van der Waals surface area contributed by atoms with E-state index < -0.39 is 72.1 Å². The third-order valence-electron chi connectivity index (χ3n) is 3.93. The van der Waals surface area contributed by atoms with Crippen molar-refractivity contribution in [2.45, 2.75) is 66.9 Å². The predicted octanol–water partition coefficient (Wildman–Crippen LogP) is 6.79. The molecule has 0 aromatic heterocycles. The van der Waals surface area contributed by atoms with Crippen molar-refractivity contribution in [3.05, 3.63) is 0 Å². The molecule has 33 heavy (non-hydrogen) atoms. The minimum atomic E-state index is -8.61. The van der Waals surface area contributed by atoms with Crippen LogP contribution in [0.1, 0.15) is 19.3 Å². The Hall–Kier alpha value is -1.37. The normalized spacial score (nSPS) is 15.7. The summed E-state index contributed by atoms with van der Waals surface area (Å²) in [6, 6.07) is 0. The molecule has 0 heterocycles. The van der Waals surface area contributed by atoms with Crippen LogP contribution in [0.15, 0.2) is 0 Å². The zero-order chi connectivity index (χ0) is 27.1. The molecule has 3 N–H and O–H groups in total. The van der Waals surface area contributed by atoms with E-state index in [-0.39, 0.29) is 5.75 Å². The van der Waals surface area contributed by atoms with Gasteiger partial charge in [-0.3, -0.25) is 5.41 Å². The predicted molar refractivity (Wildman–Crippen MR) is 78.9 cm³/mol. The molecule has 2 nitrogen and oxygen atoms in total. The molecule has 0 atom stereocenters. The zero-order valence-corrected chi connectivity index (χ0v) is 16.1. The Morgan fingerprint density at radius 1 is 0.545 bits per heavy atom. The van der Waals surface area contributed by atoms with Crippen molar-refractivity contribution in [3.63, 3.8) is 0 Å². The molecule has 0 saturated carbocycles. The number of rotatable bonds is 11. The highest BCUT2D eigenvalue weighted by Gasteiger charge is 2.95. The number of amidine groups is 1. The van der Waals surface area contributed by atoms with Crippen LogP contribution < -0.4 is 5.73 Å². The number of alkyl halides is 17. The summed E-state index contributed by atoms with van der Waals surface area (Å²) in [4.78, 5) is 0. The molecule has 0 bridgehead atoms. The molecule has 0 fully saturated rings. The maximum absolute atomic E-state index is 13.5. The second kappa shape index (κ2) is 9.01. The molecule has 0 saturated heterocycles. The van der Waals surface area contributed by atoms with Crippen LogP contribution in [0.2, 0.25) is 0 Å². The molecule has 0 aromatic rings. The summed E-state index contributed by atoms with van der Waals surface area (Å²) in [5.41, 5.74) is 4.81. The van der Waals surface area contributed by atoms with Gasteiger partial charge in [0.15, 0.2) is 5.17 Å². The first-order chi connectivity index (χ1) is 14.2. The number of unbranched alkanes of at least 4 members (excludes halogenated alkanes) is 1. The zero-order valence-electron chi connectivity index (χ0n) is 15.2. The van der Waals surface area contributed by atoms with Crippen molar-refractivity contribution in [1.82, 2.24) is 0 Å². The Morgan fingerprint density at radius 2 is 0.879 bits per heavy atom.